The van der Waals surface area contributed by atoms with Gasteiger partial charge in [-0.15, -0.1) is 0 Å². The van der Waals surface area contributed by atoms with Crippen LogP contribution >= 0.6 is 0 Å². The maximum atomic E-state index is 12.4. The third kappa shape index (κ3) is 3.50. The topological polar surface area (TPSA) is 79.0 Å². The molecule has 0 aromatic heterocycles. The predicted molar refractivity (Wildman–Crippen MR) is 81.3 cm³/mol. The van der Waals surface area contributed by atoms with Crippen LogP contribution in [0, 0.1) is 0 Å². The molecule has 122 valence electrons. The fourth-order valence-electron chi connectivity index (χ4n) is 2.75. The quantitative estimate of drug-likeness (QED) is 0.813. The van der Waals surface area contributed by atoms with Gasteiger partial charge in [-0.25, -0.2) is 4.79 Å². The molecule has 1 aromatic carbocycles. The van der Waals surface area contributed by atoms with Crippen molar-refractivity contribution in [2.24, 2.45) is 0 Å². The zero-order chi connectivity index (χ0) is 16.2. The number of hydrogen-bond acceptors (Lipinski definition) is 4. The summed E-state index contributed by atoms with van der Waals surface area (Å²) in [7, 11) is 0. The van der Waals surface area contributed by atoms with Gasteiger partial charge in [0.1, 0.15) is 6.04 Å². The van der Waals surface area contributed by atoms with Crippen molar-refractivity contribution in [2.45, 2.75) is 19.0 Å². The van der Waals surface area contributed by atoms with Gasteiger partial charge in [-0.2, -0.15) is 0 Å². The number of nitrogens with zero attached hydrogens (tertiary/aromatic N) is 2. The second kappa shape index (κ2) is 6.78. The molecule has 2 heterocycles. The van der Waals surface area contributed by atoms with Crippen molar-refractivity contribution in [1.29, 1.82) is 0 Å². The molecule has 23 heavy (non-hydrogen) atoms. The minimum absolute atomic E-state index is 0.00410. The fourth-order valence-corrected chi connectivity index (χ4v) is 2.75. The molecule has 7 nitrogen and oxygen atoms in total. The number of nitrogens with one attached hydrogen (secondary N) is 1. The van der Waals surface area contributed by atoms with Gasteiger partial charge in [0.05, 0.1) is 26.2 Å². The van der Waals surface area contributed by atoms with Crippen molar-refractivity contribution in [1.82, 2.24) is 15.1 Å². The molecule has 4 amide bonds. The van der Waals surface area contributed by atoms with Crippen LogP contribution in [0.5, 0.6) is 0 Å². The summed E-state index contributed by atoms with van der Waals surface area (Å²) in [4.78, 5) is 39.4. The van der Waals surface area contributed by atoms with E-state index >= 15 is 0 Å². The first-order valence-corrected chi connectivity index (χ1v) is 7.66. The SMILES string of the molecule is O=C(CC1NC(=O)N(Cc2ccccc2)C1=O)N1CCOCC1. The lowest BCUT2D eigenvalue weighted by molar-refractivity contribution is -0.138. The normalized spacial score (nSPS) is 21.5. The Morgan fingerprint density at radius 3 is 2.57 bits per heavy atom. The molecule has 0 spiro atoms. The van der Waals surface area contributed by atoms with Gasteiger partial charge in [0.15, 0.2) is 0 Å². The van der Waals surface area contributed by atoms with Crippen LogP contribution in [0.4, 0.5) is 4.79 Å². The van der Waals surface area contributed by atoms with Gasteiger partial charge < -0.3 is 15.0 Å². The van der Waals surface area contributed by atoms with Gasteiger partial charge in [-0.05, 0) is 5.56 Å². The number of carbonyl (C=O) groups is 3. The molecule has 7 heteroatoms. The van der Waals surface area contributed by atoms with Crippen LogP contribution in [-0.2, 0) is 20.9 Å². The monoisotopic (exact) mass is 317 g/mol. The van der Waals surface area contributed by atoms with Crippen LogP contribution in [-0.4, -0.2) is 60.0 Å². The minimum Gasteiger partial charge on any atom is -0.378 e. The second-order valence-electron chi connectivity index (χ2n) is 5.61. The Bertz CT molecular complexity index is 599. The predicted octanol–water partition coefficient (Wildman–Crippen LogP) is 0.356. The third-order valence-electron chi connectivity index (χ3n) is 4.03. The molecule has 2 fully saturated rings. The molecule has 0 radical (unpaired) electrons. The zero-order valence-corrected chi connectivity index (χ0v) is 12.7. The van der Waals surface area contributed by atoms with Crippen molar-refractivity contribution in [3.8, 4) is 0 Å². The highest BCUT2D eigenvalue weighted by Crippen LogP contribution is 2.15. The van der Waals surface area contributed by atoms with Crippen molar-refractivity contribution >= 4 is 17.8 Å². The molecule has 3 rings (SSSR count). The number of morpholine rings is 1. The number of rotatable bonds is 4. The van der Waals surface area contributed by atoms with E-state index in [1.807, 2.05) is 30.3 Å². The highest BCUT2D eigenvalue weighted by Gasteiger charge is 2.39. The van der Waals surface area contributed by atoms with E-state index in [1.165, 1.54) is 0 Å². The van der Waals surface area contributed by atoms with E-state index in [-0.39, 0.29) is 24.8 Å². The van der Waals surface area contributed by atoms with Crippen LogP contribution in [0.3, 0.4) is 0 Å². The Hall–Kier alpha value is -2.41. The average Bonchev–Trinajstić information content (AvgIpc) is 2.84. The maximum absolute atomic E-state index is 12.4. The Labute approximate surface area is 134 Å². The Balaban J connectivity index is 1.60. The molecule has 1 N–H and O–H groups in total. The first-order valence-electron chi connectivity index (χ1n) is 7.66. The largest absolute Gasteiger partial charge is 0.378 e. The number of benzene rings is 1. The smallest absolute Gasteiger partial charge is 0.325 e. The van der Waals surface area contributed by atoms with Crippen LogP contribution in [0.1, 0.15) is 12.0 Å². The fraction of sp³-hybridized carbons (Fsp3) is 0.438. The number of hydrogen-bond donors (Lipinski definition) is 1. The summed E-state index contributed by atoms with van der Waals surface area (Å²) in [5.74, 6) is -0.478. The second-order valence-corrected chi connectivity index (χ2v) is 5.61. The summed E-state index contributed by atoms with van der Waals surface area (Å²) in [5.41, 5.74) is 0.871. The summed E-state index contributed by atoms with van der Waals surface area (Å²) >= 11 is 0. The molecule has 0 aliphatic carbocycles. The van der Waals surface area contributed by atoms with E-state index in [1.54, 1.807) is 4.90 Å². The van der Waals surface area contributed by atoms with E-state index < -0.39 is 12.1 Å². The highest BCUT2D eigenvalue weighted by atomic mass is 16.5. The standard InChI is InChI=1S/C16H19N3O4/c20-14(18-6-8-23-9-7-18)10-13-15(21)19(16(22)17-13)11-12-4-2-1-3-5-12/h1-5,13H,6-11H2,(H,17,22). The molecule has 1 aromatic rings. The molecule has 1 unspecified atom stereocenters. The number of ether oxygens (including phenoxy) is 1. The van der Waals surface area contributed by atoms with Gasteiger partial charge in [0.25, 0.3) is 5.91 Å². The van der Waals surface area contributed by atoms with Crippen LogP contribution in [0.25, 0.3) is 0 Å². The van der Waals surface area contributed by atoms with Gasteiger partial charge in [0, 0.05) is 13.1 Å². The first-order chi connectivity index (χ1) is 11.1. The summed E-state index contributed by atoms with van der Waals surface area (Å²) in [6, 6.07) is 8.07. The summed E-state index contributed by atoms with van der Waals surface area (Å²) in [6.45, 7) is 2.30. The van der Waals surface area contributed by atoms with Crippen molar-refractivity contribution in [2.75, 3.05) is 26.3 Å². The molecule has 2 aliphatic heterocycles. The third-order valence-corrected chi connectivity index (χ3v) is 4.03. The molecule has 0 bridgehead atoms. The summed E-state index contributed by atoms with van der Waals surface area (Å²) in [6.07, 6.45) is -0.00410. The Kier molecular flexibility index (Phi) is 4.57. The van der Waals surface area contributed by atoms with Crippen LogP contribution in [0.15, 0.2) is 30.3 Å². The van der Waals surface area contributed by atoms with Crippen LogP contribution < -0.4 is 5.32 Å². The number of amides is 4. The molecule has 2 saturated heterocycles. The van der Waals surface area contributed by atoms with Gasteiger partial charge in [-0.3, -0.25) is 14.5 Å². The first kappa shape index (κ1) is 15.5. The van der Waals surface area contributed by atoms with Gasteiger partial charge in [-0.1, -0.05) is 30.3 Å². The molecule has 2 aliphatic rings. The van der Waals surface area contributed by atoms with E-state index in [9.17, 15) is 14.4 Å². The maximum Gasteiger partial charge on any atom is 0.325 e. The van der Waals surface area contributed by atoms with E-state index in [2.05, 4.69) is 5.32 Å². The zero-order valence-electron chi connectivity index (χ0n) is 12.7. The lowest BCUT2D eigenvalue weighted by Gasteiger charge is -2.27. The molecule has 0 saturated carbocycles. The van der Waals surface area contributed by atoms with Gasteiger partial charge >= 0.3 is 6.03 Å². The van der Waals surface area contributed by atoms with Crippen molar-refractivity contribution in [3.63, 3.8) is 0 Å². The number of urea groups is 1. The number of carbonyl (C=O) groups excluding carboxylic acids is 3. The van der Waals surface area contributed by atoms with Gasteiger partial charge in [0.2, 0.25) is 5.91 Å². The molecule has 1 atom stereocenters. The lowest BCUT2D eigenvalue weighted by Crippen LogP contribution is -2.44. The van der Waals surface area contributed by atoms with E-state index in [0.29, 0.717) is 26.3 Å². The Morgan fingerprint density at radius 1 is 1.17 bits per heavy atom. The van der Waals surface area contributed by atoms with E-state index in [0.717, 1.165) is 10.5 Å². The highest BCUT2D eigenvalue weighted by molar-refractivity contribution is 6.05. The summed E-state index contributed by atoms with van der Waals surface area (Å²) in [5, 5.41) is 2.60. The molecular weight excluding hydrogens is 298 g/mol. The molecular formula is C16H19N3O4. The summed E-state index contributed by atoms with van der Waals surface area (Å²) < 4.78 is 5.20. The lowest BCUT2D eigenvalue weighted by atomic mass is 10.1. The van der Waals surface area contributed by atoms with Crippen LogP contribution in [0.2, 0.25) is 0 Å². The van der Waals surface area contributed by atoms with Crippen molar-refractivity contribution < 1.29 is 19.1 Å². The Morgan fingerprint density at radius 2 is 1.87 bits per heavy atom. The average molecular weight is 317 g/mol. The number of imide groups is 1. The van der Waals surface area contributed by atoms with E-state index in [4.69, 9.17) is 4.74 Å². The van der Waals surface area contributed by atoms with Crippen molar-refractivity contribution in [3.05, 3.63) is 35.9 Å². The minimum atomic E-state index is -0.776.